The fourth-order valence-corrected chi connectivity index (χ4v) is 4.53. The first kappa shape index (κ1) is 23.6. The van der Waals surface area contributed by atoms with Gasteiger partial charge in [0.05, 0.1) is 17.7 Å². The monoisotopic (exact) mass is 490 g/mol. The van der Waals surface area contributed by atoms with Gasteiger partial charge in [0.15, 0.2) is 5.13 Å². The molecule has 3 rings (SSSR count). The number of thiazole rings is 1. The third-order valence-corrected chi connectivity index (χ3v) is 6.10. The number of nitrogens with one attached hydrogen (secondary N) is 3. The van der Waals surface area contributed by atoms with Crippen LogP contribution >= 0.6 is 22.7 Å². The van der Waals surface area contributed by atoms with Crippen LogP contribution in [0.5, 0.6) is 0 Å². The number of anilines is 2. The van der Waals surface area contributed by atoms with Gasteiger partial charge in [0.1, 0.15) is 22.2 Å². The lowest BCUT2D eigenvalue weighted by Gasteiger charge is -2.11. The molecule has 0 spiro atoms. The number of aromatic nitrogens is 1. The van der Waals surface area contributed by atoms with E-state index in [2.05, 4.69) is 20.9 Å². The number of hydrogen-bond donors (Lipinski definition) is 3. The maximum atomic E-state index is 14.3. The summed E-state index contributed by atoms with van der Waals surface area (Å²) in [5.74, 6) is -4.42. The van der Waals surface area contributed by atoms with Crippen molar-refractivity contribution in [3.05, 3.63) is 51.2 Å². The van der Waals surface area contributed by atoms with Crippen molar-refractivity contribution in [3.8, 4) is 11.3 Å². The van der Waals surface area contributed by atoms with Gasteiger partial charge in [-0.2, -0.15) is 13.2 Å². The number of halogens is 5. The van der Waals surface area contributed by atoms with Gasteiger partial charge in [-0.05, 0) is 23.1 Å². The number of nitrogens with zero attached hydrogens (tertiary/aromatic N) is 1. The van der Waals surface area contributed by atoms with E-state index in [9.17, 15) is 31.5 Å². The summed E-state index contributed by atoms with van der Waals surface area (Å²) >= 11 is 2.11. The summed E-state index contributed by atoms with van der Waals surface area (Å²) in [6.45, 7) is 0. The summed E-state index contributed by atoms with van der Waals surface area (Å²) in [4.78, 5) is 28.5. The molecule has 3 aromatic rings. The molecule has 0 aliphatic carbocycles. The molecule has 1 aromatic carbocycles. The highest BCUT2D eigenvalue weighted by molar-refractivity contribution is 7.15. The van der Waals surface area contributed by atoms with Crippen molar-refractivity contribution in [3.63, 3.8) is 0 Å². The van der Waals surface area contributed by atoms with Crippen LogP contribution in [-0.4, -0.2) is 30.9 Å². The number of alkyl halides is 3. The highest BCUT2D eigenvalue weighted by Gasteiger charge is 2.39. The molecule has 0 aliphatic rings. The number of carbonyl (C=O) groups excluding carboxylic acids is 2. The Bertz CT molecular complexity index is 1170. The van der Waals surface area contributed by atoms with Crippen molar-refractivity contribution in [2.24, 2.45) is 0 Å². The molecule has 0 atom stereocenters. The van der Waals surface area contributed by atoms with Gasteiger partial charge < -0.3 is 16.0 Å². The molecular weight excluding hydrogens is 475 g/mol. The minimum Gasteiger partial charge on any atom is -0.379 e. The first-order valence-corrected chi connectivity index (χ1v) is 10.6. The molecule has 0 bridgehead atoms. The molecule has 0 unspecified atom stereocenters. The molecule has 3 N–H and O–H groups in total. The Morgan fingerprint density at radius 1 is 1.09 bits per heavy atom. The molecule has 2 heterocycles. The molecule has 0 saturated heterocycles. The zero-order valence-corrected chi connectivity index (χ0v) is 18.1. The number of thiophene rings is 1. The lowest BCUT2D eigenvalue weighted by Crippen LogP contribution is -2.22. The highest BCUT2D eigenvalue weighted by atomic mass is 32.1. The summed E-state index contributed by atoms with van der Waals surface area (Å²) in [5.41, 5.74) is -1.95. The first-order chi connectivity index (χ1) is 15.1. The van der Waals surface area contributed by atoms with Crippen LogP contribution in [0.25, 0.3) is 11.3 Å². The van der Waals surface area contributed by atoms with Crippen LogP contribution in [0, 0.1) is 11.6 Å². The molecular formula is C19H15F5N4O2S2. The van der Waals surface area contributed by atoms with Gasteiger partial charge >= 0.3 is 6.18 Å². The standard InChI is InChI=1S/C19H15F5N4O2S2/c1-25-16(30)13-8(6-31-17(13)26-2)5-12(29)28-18-27-11(7-32-18)9-3-4-10(20)14(15(9)21)19(22,23)24/h3-4,6-7,26H,5H2,1-2H3,(H,25,30)(H,27,28,29). The smallest absolute Gasteiger partial charge is 0.379 e. The predicted octanol–water partition coefficient (Wildman–Crippen LogP) is 4.75. The second-order valence-electron chi connectivity index (χ2n) is 6.34. The van der Waals surface area contributed by atoms with Crippen LogP contribution in [0.4, 0.5) is 32.1 Å². The van der Waals surface area contributed by atoms with Crippen molar-refractivity contribution in [1.82, 2.24) is 10.3 Å². The van der Waals surface area contributed by atoms with Gasteiger partial charge in [0.2, 0.25) is 5.91 Å². The van der Waals surface area contributed by atoms with Crippen molar-refractivity contribution in [1.29, 1.82) is 0 Å². The maximum absolute atomic E-state index is 14.3. The number of hydrogen-bond acceptors (Lipinski definition) is 6. The van der Waals surface area contributed by atoms with E-state index in [1.807, 2.05) is 0 Å². The number of benzene rings is 1. The maximum Gasteiger partial charge on any atom is 0.422 e. The van der Waals surface area contributed by atoms with Crippen LogP contribution in [0.3, 0.4) is 0 Å². The summed E-state index contributed by atoms with van der Waals surface area (Å²) in [5, 5.41) is 11.3. The third-order valence-electron chi connectivity index (χ3n) is 4.30. The van der Waals surface area contributed by atoms with E-state index in [1.165, 1.54) is 23.8 Å². The highest BCUT2D eigenvalue weighted by Crippen LogP contribution is 2.38. The van der Waals surface area contributed by atoms with Crippen molar-refractivity contribution < 1.29 is 31.5 Å². The minimum absolute atomic E-state index is 0.00727. The Morgan fingerprint density at radius 2 is 1.81 bits per heavy atom. The lowest BCUT2D eigenvalue weighted by atomic mass is 10.1. The number of amides is 2. The Morgan fingerprint density at radius 3 is 2.44 bits per heavy atom. The van der Waals surface area contributed by atoms with E-state index in [1.54, 1.807) is 12.4 Å². The summed E-state index contributed by atoms with van der Waals surface area (Å²) in [6, 6.07) is 1.36. The van der Waals surface area contributed by atoms with Gasteiger partial charge in [-0.15, -0.1) is 22.7 Å². The summed E-state index contributed by atoms with van der Waals surface area (Å²) in [6.07, 6.45) is -5.38. The average Bonchev–Trinajstić information content (AvgIpc) is 3.33. The van der Waals surface area contributed by atoms with E-state index in [-0.39, 0.29) is 23.2 Å². The van der Waals surface area contributed by atoms with Crippen LogP contribution in [0.2, 0.25) is 0 Å². The fourth-order valence-electron chi connectivity index (χ4n) is 2.88. The molecule has 6 nitrogen and oxygen atoms in total. The fraction of sp³-hybridized carbons (Fsp3) is 0.211. The van der Waals surface area contributed by atoms with E-state index >= 15 is 0 Å². The predicted molar refractivity (Wildman–Crippen MR) is 112 cm³/mol. The average molecular weight is 490 g/mol. The first-order valence-electron chi connectivity index (χ1n) is 8.88. The van der Waals surface area contributed by atoms with E-state index < -0.39 is 34.8 Å². The van der Waals surface area contributed by atoms with Crippen LogP contribution in [0.15, 0.2) is 22.9 Å². The van der Waals surface area contributed by atoms with Crippen molar-refractivity contribution in [2.45, 2.75) is 12.6 Å². The zero-order chi connectivity index (χ0) is 23.6. The summed E-state index contributed by atoms with van der Waals surface area (Å²) < 4.78 is 66.7. The van der Waals surface area contributed by atoms with Crippen LogP contribution in [-0.2, 0) is 17.4 Å². The molecule has 2 aromatic heterocycles. The molecule has 0 fully saturated rings. The lowest BCUT2D eigenvalue weighted by molar-refractivity contribution is -0.142. The van der Waals surface area contributed by atoms with E-state index in [0.717, 1.165) is 17.4 Å². The molecule has 2 amide bonds. The Hall–Kier alpha value is -3.06. The van der Waals surface area contributed by atoms with Crippen molar-refractivity contribution in [2.75, 3.05) is 24.7 Å². The largest absolute Gasteiger partial charge is 0.422 e. The normalized spacial score (nSPS) is 11.3. The van der Waals surface area contributed by atoms with E-state index in [4.69, 9.17) is 0 Å². The van der Waals surface area contributed by atoms with Gasteiger partial charge in [-0.3, -0.25) is 9.59 Å². The van der Waals surface area contributed by atoms with Gasteiger partial charge in [0, 0.05) is 25.0 Å². The second-order valence-corrected chi connectivity index (χ2v) is 8.08. The molecule has 0 radical (unpaired) electrons. The Kier molecular flexibility index (Phi) is 6.79. The van der Waals surface area contributed by atoms with Crippen LogP contribution in [0.1, 0.15) is 21.5 Å². The zero-order valence-electron chi connectivity index (χ0n) is 16.5. The quantitative estimate of drug-likeness (QED) is 0.436. The second kappa shape index (κ2) is 9.20. The number of rotatable bonds is 6. The topological polar surface area (TPSA) is 83.1 Å². The minimum atomic E-state index is -5.22. The molecule has 0 saturated carbocycles. The van der Waals surface area contributed by atoms with Gasteiger partial charge in [0.25, 0.3) is 5.91 Å². The van der Waals surface area contributed by atoms with Crippen LogP contribution < -0.4 is 16.0 Å². The number of carbonyl (C=O) groups is 2. The molecule has 170 valence electrons. The van der Waals surface area contributed by atoms with Crippen molar-refractivity contribution >= 4 is 44.6 Å². The molecule has 13 heteroatoms. The molecule has 32 heavy (non-hydrogen) atoms. The van der Waals surface area contributed by atoms with Gasteiger partial charge in [-0.25, -0.2) is 13.8 Å². The third kappa shape index (κ3) is 4.72. The SMILES string of the molecule is CNC(=O)c1c(CC(=O)Nc2nc(-c3ccc(F)c(C(F)(F)F)c3F)cs2)csc1NC. The Balaban J connectivity index is 1.81. The molecule has 0 aliphatic heterocycles. The van der Waals surface area contributed by atoms with E-state index in [0.29, 0.717) is 22.2 Å². The Labute approximate surface area is 186 Å². The van der Waals surface area contributed by atoms with Gasteiger partial charge in [-0.1, -0.05) is 0 Å². The summed E-state index contributed by atoms with van der Waals surface area (Å²) in [7, 11) is 3.09.